The predicted octanol–water partition coefficient (Wildman–Crippen LogP) is 8.00. The molecule has 0 heterocycles. The number of aliphatic hydroxyl groups is 2. The summed E-state index contributed by atoms with van der Waals surface area (Å²) < 4.78 is 0. The molecule has 2 nitrogen and oxygen atoms in total. The summed E-state index contributed by atoms with van der Waals surface area (Å²) in [5, 5.41) is 19.6. The first kappa shape index (κ1) is 28.0. The summed E-state index contributed by atoms with van der Waals surface area (Å²) in [4.78, 5) is 0. The molecule has 0 saturated heterocycles. The third-order valence-corrected chi connectivity index (χ3v) is 8.27. The minimum Gasteiger partial charge on any atom is -0.393 e. The van der Waals surface area contributed by atoms with Crippen molar-refractivity contribution in [2.24, 2.45) is 34.5 Å². The first-order valence-corrected chi connectivity index (χ1v) is 13.2. The summed E-state index contributed by atoms with van der Waals surface area (Å²) in [5.41, 5.74) is 0.940. The quantitative estimate of drug-likeness (QED) is 0.453. The highest BCUT2D eigenvalue weighted by molar-refractivity contribution is 4.83. The Morgan fingerprint density at radius 3 is 1.50 bits per heavy atom. The van der Waals surface area contributed by atoms with Crippen LogP contribution >= 0.6 is 0 Å². The average Bonchev–Trinajstić information content (AvgIpc) is 2.68. The van der Waals surface area contributed by atoms with Gasteiger partial charge in [-0.1, -0.05) is 74.7 Å². The van der Waals surface area contributed by atoms with Gasteiger partial charge in [0.15, 0.2) is 0 Å². The monoisotopic (exact) mass is 424 g/mol. The number of aliphatic hydroxyl groups excluding tert-OH is 2. The third-order valence-electron chi connectivity index (χ3n) is 8.27. The SMILES string of the molecule is CCC(O)CC1CCC(C(C)(C)C)CC1.CCCC(O)C1CCC(C(C)(C)C)CC1. The van der Waals surface area contributed by atoms with Crippen LogP contribution in [0, 0.1) is 34.5 Å². The van der Waals surface area contributed by atoms with Crippen LogP contribution in [0.15, 0.2) is 0 Å². The van der Waals surface area contributed by atoms with Crippen molar-refractivity contribution in [3.05, 3.63) is 0 Å². The Bertz CT molecular complexity index is 429. The minimum atomic E-state index is -0.0545. The zero-order valence-electron chi connectivity index (χ0n) is 21.8. The van der Waals surface area contributed by atoms with Crippen molar-refractivity contribution in [3.63, 3.8) is 0 Å². The van der Waals surface area contributed by atoms with Crippen molar-refractivity contribution in [2.75, 3.05) is 0 Å². The molecule has 2 fully saturated rings. The number of hydrogen-bond acceptors (Lipinski definition) is 2. The first-order valence-electron chi connectivity index (χ1n) is 13.2. The minimum absolute atomic E-state index is 0.0316. The molecule has 0 aromatic rings. The van der Waals surface area contributed by atoms with Gasteiger partial charge in [0, 0.05) is 0 Å². The highest BCUT2D eigenvalue weighted by atomic mass is 16.3. The summed E-state index contributed by atoms with van der Waals surface area (Å²) in [5.74, 6) is 3.14. The molecule has 2 aliphatic carbocycles. The third kappa shape index (κ3) is 10.0. The molecule has 2 aliphatic rings. The van der Waals surface area contributed by atoms with E-state index in [2.05, 4.69) is 55.4 Å². The van der Waals surface area contributed by atoms with Crippen LogP contribution in [0.2, 0.25) is 0 Å². The van der Waals surface area contributed by atoms with Crippen LogP contribution in [0.3, 0.4) is 0 Å². The highest BCUT2D eigenvalue weighted by Crippen LogP contribution is 2.42. The van der Waals surface area contributed by atoms with Crippen molar-refractivity contribution in [1.29, 1.82) is 0 Å². The fraction of sp³-hybridized carbons (Fsp3) is 1.00. The van der Waals surface area contributed by atoms with Crippen molar-refractivity contribution in [3.8, 4) is 0 Å². The van der Waals surface area contributed by atoms with Crippen molar-refractivity contribution in [2.45, 2.75) is 145 Å². The first-order chi connectivity index (χ1) is 13.9. The molecule has 0 radical (unpaired) electrons. The molecule has 2 unspecified atom stereocenters. The summed E-state index contributed by atoms with van der Waals surface area (Å²) in [6.45, 7) is 18.4. The van der Waals surface area contributed by atoms with E-state index in [9.17, 15) is 10.2 Å². The molecule has 0 bridgehead atoms. The number of rotatable bonds is 6. The molecule has 2 saturated carbocycles. The average molecular weight is 425 g/mol. The Morgan fingerprint density at radius 1 is 0.700 bits per heavy atom. The van der Waals surface area contributed by atoms with E-state index in [1.165, 1.54) is 51.4 Å². The van der Waals surface area contributed by atoms with Gasteiger partial charge in [0.05, 0.1) is 12.2 Å². The molecule has 2 N–H and O–H groups in total. The van der Waals surface area contributed by atoms with E-state index in [0.717, 1.165) is 43.4 Å². The molecule has 0 spiro atoms. The molecular formula is C28H56O2. The molecule has 2 heteroatoms. The topological polar surface area (TPSA) is 40.5 Å². The summed E-state index contributed by atoms with van der Waals surface area (Å²) in [6, 6.07) is 0. The number of hydrogen-bond donors (Lipinski definition) is 2. The summed E-state index contributed by atoms with van der Waals surface area (Å²) in [6.07, 6.45) is 14.5. The van der Waals surface area contributed by atoms with Crippen molar-refractivity contribution < 1.29 is 10.2 Å². The van der Waals surface area contributed by atoms with Crippen molar-refractivity contribution in [1.82, 2.24) is 0 Å². The predicted molar refractivity (Wildman–Crippen MR) is 132 cm³/mol. The van der Waals surface area contributed by atoms with Gasteiger partial charge in [-0.3, -0.25) is 0 Å². The van der Waals surface area contributed by atoms with Gasteiger partial charge in [-0.15, -0.1) is 0 Å². The maximum Gasteiger partial charge on any atom is 0.0568 e. The molecule has 0 amide bonds. The normalized spacial score (nSPS) is 30.2. The fourth-order valence-corrected chi connectivity index (χ4v) is 5.72. The van der Waals surface area contributed by atoms with E-state index >= 15 is 0 Å². The Hall–Kier alpha value is -0.0800. The molecule has 0 aromatic heterocycles. The molecule has 0 aliphatic heterocycles. The molecule has 0 aromatic carbocycles. The van der Waals surface area contributed by atoms with Crippen LogP contribution in [0.4, 0.5) is 0 Å². The van der Waals surface area contributed by atoms with E-state index in [1.807, 2.05) is 0 Å². The zero-order valence-corrected chi connectivity index (χ0v) is 21.8. The van der Waals surface area contributed by atoms with Gasteiger partial charge in [0.25, 0.3) is 0 Å². The van der Waals surface area contributed by atoms with E-state index in [4.69, 9.17) is 0 Å². The van der Waals surface area contributed by atoms with E-state index in [1.54, 1.807) is 0 Å². The van der Waals surface area contributed by atoms with Crippen LogP contribution in [-0.4, -0.2) is 22.4 Å². The van der Waals surface area contributed by atoms with Crippen LogP contribution in [0.1, 0.15) is 132 Å². The van der Waals surface area contributed by atoms with E-state index in [0.29, 0.717) is 16.7 Å². The van der Waals surface area contributed by atoms with Crippen molar-refractivity contribution >= 4 is 0 Å². The Labute approximate surface area is 189 Å². The van der Waals surface area contributed by atoms with Crippen LogP contribution in [-0.2, 0) is 0 Å². The van der Waals surface area contributed by atoms with Crippen LogP contribution in [0.25, 0.3) is 0 Å². The van der Waals surface area contributed by atoms with Crippen LogP contribution < -0.4 is 0 Å². The molecule has 30 heavy (non-hydrogen) atoms. The molecule has 180 valence electrons. The lowest BCUT2D eigenvalue weighted by Gasteiger charge is -2.38. The Balaban J connectivity index is 0.000000300. The van der Waals surface area contributed by atoms with Gasteiger partial charge in [0.2, 0.25) is 0 Å². The van der Waals surface area contributed by atoms with E-state index < -0.39 is 0 Å². The zero-order chi connectivity index (χ0) is 22.9. The van der Waals surface area contributed by atoms with Gasteiger partial charge in [-0.25, -0.2) is 0 Å². The van der Waals surface area contributed by atoms with Gasteiger partial charge in [-0.2, -0.15) is 0 Å². The molecular weight excluding hydrogens is 368 g/mol. The second kappa shape index (κ2) is 12.8. The maximum absolute atomic E-state index is 9.96. The van der Waals surface area contributed by atoms with Gasteiger partial charge in [0.1, 0.15) is 0 Å². The van der Waals surface area contributed by atoms with Gasteiger partial charge >= 0.3 is 0 Å². The van der Waals surface area contributed by atoms with Gasteiger partial charge in [-0.05, 0) is 92.3 Å². The highest BCUT2D eigenvalue weighted by Gasteiger charge is 2.32. The maximum atomic E-state index is 9.96. The van der Waals surface area contributed by atoms with E-state index in [-0.39, 0.29) is 12.2 Å². The lowest BCUT2D eigenvalue weighted by molar-refractivity contribution is 0.0477. The second-order valence-corrected chi connectivity index (χ2v) is 12.7. The largest absolute Gasteiger partial charge is 0.393 e. The smallest absolute Gasteiger partial charge is 0.0568 e. The van der Waals surface area contributed by atoms with Crippen LogP contribution in [0.5, 0.6) is 0 Å². The molecule has 2 rings (SSSR count). The van der Waals surface area contributed by atoms with Gasteiger partial charge < -0.3 is 10.2 Å². The summed E-state index contributed by atoms with van der Waals surface area (Å²) in [7, 11) is 0. The molecule has 2 atom stereocenters. The Kier molecular flexibility index (Phi) is 12.0. The summed E-state index contributed by atoms with van der Waals surface area (Å²) >= 11 is 0. The lowest BCUT2D eigenvalue weighted by atomic mass is 9.68. The Morgan fingerprint density at radius 2 is 1.13 bits per heavy atom. The lowest BCUT2D eigenvalue weighted by Crippen LogP contribution is -2.30. The standard InChI is InChI=1S/2C14H28O/c1-5-13(15)10-11-6-8-12(9-7-11)14(2,3)4;1-5-6-13(15)11-7-9-12(10-8-11)14(2,3)4/h2*11-13,15H,5-10H2,1-4H3. The second-order valence-electron chi connectivity index (χ2n) is 12.7. The fourth-order valence-electron chi connectivity index (χ4n) is 5.72.